The summed E-state index contributed by atoms with van der Waals surface area (Å²) < 4.78 is 0. The molecular weight excluding hydrogens is 462 g/mol. The number of rotatable bonds is 25. The fourth-order valence-electron chi connectivity index (χ4n) is 3.90. The van der Waals surface area contributed by atoms with Gasteiger partial charge in [0.2, 0.25) is 5.91 Å². The number of allylic oxidation sites excluding steroid dienone is 7. The van der Waals surface area contributed by atoms with E-state index in [1.807, 2.05) is 6.08 Å². The molecule has 0 radical (unpaired) electrons. The number of carbonyl (C=O) groups excluding carboxylic acids is 1. The molecule has 5 nitrogen and oxygen atoms in total. The van der Waals surface area contributed by atoms with Crippen LogP contribution >= 0.6 is 0 Å². The van der Waals surface area contributed by atoms with E-state index in [-0.39, 0.29) is 6.61 Å². The topological polar surface area (TPSA) is 89.8 Å². The Kier molecular flexibility index (Phi) is 26.1. The van der Waals surface area contributed by atoms with Crippen molar-refractivity contribution in [1.82, 2.24) is 5.32 Å². The van der Waals surface area contributed by atoms with Gasteiger partial charge in [0, 0.05) is 0 Å². The molecule has 4 N–H and O–H groups in total. The van der Waals surface area contributed by atoms with Crippen LogP contribution in [0, 0.1) is 0 Å². The first-order chi connectivity index (χ1) is 18.1. The summed E-state index contributed by atoms with van der Waals surface area (Å²) in [5.74, 6) is -0.538. The van der Waals surface area contributed by atoms with E-state index in [2.05, 4.69) is 55.6 Å². The van der Waals surface area contributed by atoms with Gasteiger partial charge in [-0.1, -0.05) is 107 Å². The predicted molar refractivity (Wildman–Crippen MR) is 157 cm³/mol. The highest BCUT2D eigenvalue weighted by Crippen LogP contribution is 2.09. The van der Waals surface area contributed by atoms with Crippen LogP contribution in [0.1, 0.15) is 123 Å². The number of hydrogen-bond acceptors (Lipinski definition) is 4. The molecule has 1 amide bonds. The molecule has 0 fully saturated rings. The number of amides is 1. The fraction of sp³-hybridized carbons (Fsp3) is 0.719. The summed E-state index contributed by atoms with van der Waals surface area (Å²) in [6, 6.07) is -0.823. The quantitative estimate of drug-likeness (QED) is 0.0766. The third kappa shape index (κ3) is 23.2. The minimum absolute atomic E-state index is 0.385. The third-order valence-corrected chi connectivity index (χ3v) is 6.37. The largest absolute Gasteiger partial charge is 0.394 e. The minimum atomic E-state index is -1.12. The van der Waals surface area contributed by atoms with Crippen molar-refractivity contribution in [3.05, 3.63) is 48.6 Å². The van der Waals surface area contributed by atoms with E-state index in [1.165, 1.54) is 44.9 Å². The van der Waals surface area contributed by atoms with Crippen LogP contribution in [0.25, 0.3) is 0 Å². The zero-order valence-corrected chi connectivity index (χ0v) is 23.8. The van der Waals surface area contributed by atoms with E-state index in [1.54, 1.807) is 6.08 Å². The van der Waals surface area contributed by atoms with Gasteiger partial charge in [0.1, 0.15) is 6.10 Å². The van der Waals surface area contributed by atoms with Gasteiger partial charge in [0.25, 0.3) is 0 Å². The lowest BCUT2D eigenvalue weighted by atomic mass is 10.1. The lowest BCUT2D eigenvalue weighted by Crippen LogP contribution is -2.48. The van der Waals surface area contributed by atoms with Crippen LogP contribution in [-0.2, 0) is 4.79 Å². The highest BCUT2D eigenvalue weighted by molar-refractivity contribution is 5.80. The van der Waals surface area contributed by atoms with E-state index in [0.29, 0.717) is 6.42 Å². The first kappa shape index (κ1) is 35.3. The van der Waals surface area contributed by atoms with Crippen LogP contribution in [0.3, 0.4) is 0 Å². The Labute approximate surface area is 227 Å². The van der Waals surface area contributed by atoms with Gasteiger partial charge >= 0.3 is 0 Å². The summed E-state index contributed by atoms with van der Waals surface area (Å²) in [7, 11) is 0. The van der Waals surface area contributed by atoms with Crippen molar-refractivity contribution in [2.75, 3.05) is 6.61 Å². The molecule has 3 atom stereocenters. The summed E-state index contributed by atoms with van der Waals surface area (Å²) in [6.45, 7) is 4.03. The summed E-state index contributed by atoms with van der Waals surface area (Å²) in [4.78, 5) is 12.3. The third-order valence-electron chi connectivity index (χ3n) is 6.37. The van der Waals surface area contributed by atoms with Gasteiger partial charge in [-0.3, -0.25) is 4.79 Å². The van der Waals surface area contributed by atoms with E-state index in [0.717, 1.165) is 57.8 Å². The zero-order valence-electron chi connectivity index (χ0n) is 23.8. The molecule has 0 rings (SSSR count). The molecule has 0 heterocycles. The van der Waals surface area contributed by atoms with Crippen molar-refractivity contribution in [1.29, 1.82) is 0 Å². The Morgan fingerprint density at radius 2 is 1.14 bits per heavy atom. The van der Waals surface area contributed by atoms with Gasteiger partial charge in [0.15, 0.2) is 0 Å². The van der Waals surface area contributed by atoms with Crippen molar-refractivity contribution in [2.45, 2.75) is 141 Å². The highest BCUT2D eigenvalue weighted by atomic mass is 16.3. The second-order valence-corrected chi connectivity index (χ2v) is 9.93. The van der Waals surface area contributed by atoms with Crippen LogP contribution in [0.2, 0.25) is 0 Å². The SMILES string of the molecule is CCCC/C=C\CCCCCC(O)C(=O)NC(CO)C(O)/C=C/CC/C=C/CC/C=C/CCCCCC. The molecule has 0 aromatic rings. The molecule has 0 aliphatic heterocycles. The molecule has 3 unspecified atom stereocenters. The Morgan fingerprint density at radius 3 is 1.68 bits per heavy atom. The smallest absolute Gasteiger partial charge is 0.249 e. The molecule has 0 aromatic carbocycles. The first-order valence-corrected chi connectivity index (χ1v) is 15.0. The maximum atomic E-state index is 12.3. The molecule has 0 bridgehead atoms. The van der Waals surface area contributed by atoms with Gasteiger partial charge < -0.3 is 20.6 Å². The van der Waals surface area contributed by atoms with Crippen molar-refractivity contribution in [3.8, 4) is 0 Å². The number of nitrogens with one attached hydrogen (secondary N) is 1. The Hall–Kier alpha value is -1.69. The van der Waals surface area contributed by atoms with E-state index in [9.17, 15) is 20.1 Å². The highest BCUT2D eigenvalue weighted by Gasteiger charge is 2.22. The van der Waals surface area contributed by atoms with Crippen molar-refractivity contribution in [2.24, 2.45) is 0 Å². The summed E-state index contributed by atoms with van der Waals surface area (Å²) in [5, 5.41) is 32.6. The molecule has 37 heavy (non-hydrogen) atoms. The molecule has 5 heteroatoms. The second-order valence-electron chi connectivity index (χ2n) is 9.93. The van der Waals surface area contributed by atoms with Crippen molar-refractivity contribution >= 4 is 5.91 Å². The summed E-state index contributed by atoms with van der Waals surface area (Å²) in [5.41, 5.74) is 0. The number of aliphatic hydroxyl groups is 3. The van der Waals surface area contributed by atoms with Crippen molar-refractivity contribution in [3.63, 3.8) is 0 Å². The van der Waals surface area contributed by atoms with Crippen LogP contribution in [0.15, 0.2) is 48.6 Å². The summed E-state index contributed by atoms with van der Waals surface area (Å²) in [6.07, 6.45) is 32.7. The predicted octanol–water partition coefficient (Wildman–Crippen LogP) is 7.08. The molecule has 0 spiro atoms. The van der Waals surface area contributed by atoms with E-state index in [4.69, 9.17) is 0 Å². The average molecular weight is 520 g/mol. The van der Waals surface area contributed by atoms with E-state index < -0.39 is 24.2 Å². The molecule has 214 valence electrons. The van der Waals surface area contributed by atoms with Crippen LogP contribution in [0.4, 0.5) is 0 Å². The Balaban J connectivity index is 3.98. The Morgan fingerprint density at radius 1 is 0.649 bits per heavy atom. The number of unbranched alkanes of at least 4 members (excludes halogenated alkanes) is 11. The molecule has 0 aliphatic rings. The average Bonchev–Trinajstić information content (AvgIpc) is 2.90. The lowest BCUT2D eigenvalue weighted by molar-refractivity contribution is -0.131. The molecule has 0 aromatic heterocycles. The number of hydrogen-bond donors (Lipinski definition) is 4. The van der Waals surface area contributed by atoms with Gasteiger partial charge in [-0.2, -0.15) is 0 Å². The van der Waals surface area contributed by atoms with Crippen molar-refractivity contribution < 1.29 is 20.1 Å². The molecular formula is C32H57NO4. The summed E-state index contributed by atoms with van der Waals surface area (Å²) >= 11 is 0. The van der Waals surface area contributed by atoms with Crippen LogP contribution < -0.4 is 5.32 Å². The Bertz CT molecular complexity index is 626. The molecule has 0 saturated heterocycles. The normalized spacial score (nSPS) is 14.8. The van der Waals surface area contributed by atoms with Gasteiger partial charge in [-0.05, 0) is 64.2 Å². The first-order valence-electron chi connectivity index (χ1n) is 15.0. The zero-order chi connectivity index (χ0) is 27.4. The standard InChI is InChI=1S/C32H57NO4/c1-3-5-7-9-11-13-14-15-16-17-19-20-22-24-26-30(35)29(28-34)33-32(37)31(36)27-25-23-21-18-12-10-8-6-4-2/h10,12-14,17,19,24,26,29-31,34-36H,3-9,11,15-16,18,20-23,25,27-28H2,1-2H3,(H,33,37)/b12-10-,14-13+,19-17+,26-24+. The second kappa shape index (κ2) is 27.3. The molecule has 0 aliphatic carbocycles. The van der Waals surface area contributed by atoms with Crippen LogP contribution in [-0.4, -0.2) is 46.1 Å². The van der Waals surface area contributed by atoms with Gasteiger partial charge in [-0.15, -0.1) is 0 Å². The lowest BCUT2D eigenvalue weighted by Gasteiger charge is -2.21. The monoisotopic (exact) mass is 519 g/mol. The molecule has 0 saturated carbocycles. The number of aliphatic hydroxyl groups excluding tert-OH is 3. The maximum Gasteiger partial charge on any atom is 0.249 e. The fourth-order valence-corrected chi connectivity index (χ4v) is 3.90. The van der Waals surface area contributed by atoms with Gasteiger partial charge in [0.05, 0.1) is 18.8 Å². The maximum absolute atomic E-state index is 12.3. The minimum Gasteiger partial charge on any atom is -0.394 e. The number of carbonyl (C=O) groups is 1. The van der Waals surface area contributed by atoms with Gasteiger partial charge in [-0.25, -0.2) is 0 Å². The van der Waals surface area contributed by atoms with Crippen LogP contribution in [0.5, 0.6) is 0 Å². The van der Waals surface area contributed by atoms with E-state index >= 15 is 0 Å².